The molecule has 0 radical (unpaired) electrons. The summed E-state index contributed by atoms with van der Waals surface area (Å²) < 4.78 is 0.567. The first kappa shape index (κ1) is 14.4. The van der Waals surface area contributed by atoms with Gasteiger partial charge in [0.05, 0.1) is 4.91 Å². The molecule has 1 aromatic carbocycles. The third kappa shape index (κ3) is 2.94. The number of anilines is 1. The van der Waals surface area contributed by atoms with Crippen molar-refractivity contribution in [2.75, 3.05) is 26.0 Å². The minimum absolute atomic E-state index is 0.0808. The third-order valence-corrected chi connectivity index (χ3v) is 4.59. The Labute approximate surface area is 127 Å². The Morgan fingerprint density at radius 3 is 2.58 bits per heavy atom. The Morgan fingerprint density at radius 2 is 2.11 bits per heavy atom. The number of carbonyl (C=O) groups is 1. The number of hydrogen-bond donors (Lipinski definition) is 0. The van der Waals surface area contributed by atoms with Gasteiger partial charge in [-0.1, -0.05) is 41.6 Å². The van der Waals surface area contributed by atoms with Gasteiger partial charge in [0.2, 0.25) is 0 Å². The molecule has 0 spiro atoms. The van der Waals surface area contributed by atoms with Crippen molar-refractivity contribution in [3.05, 3.63) is 33.7 Å². The van der Waals surface area contributed by atoms with Crippen LogP contribution in [0.5, 0.6) is 0 Å². The van der Waals surface area contributed by atoms with Gasteiger partial charge in [-0.05, 0) is 23.8 Å². The monoisotopic (exact) mass is 312 g/mol. The topological polar surface area (TPSA) is 23.6 Å². The van der Waals surface area contributed by atoms with Crippen molar-refractivity contribution in [2.24, 2.45) is 0 Å². The summed E-state index contributed by atoms with van der Waals surface area (Å²) in [7, 11) is 5.58. The Hall–Kier alpha value is -1.04. The van der Waals surface area contributed by atoms with Gasteiger partial charge < -0.3 is 4.90 Å². The maximum atomic E-state index is 11.9. The fraction of sp³-hybridized carbons (Fsp3) is 0.231. The summed E-state index contributed by atoms with van der Waals surface area (Å²) in [6.07, 6.45) is 1.78. The summed E-state index contributed by atoms with van der Waals surface area (Å²) in [6, 6.07) is 5.74. The Morgan fingerprint density at radius 1 is 1.42 bits per heavy atom. The molecule has 0 atom stereocenters. The highest BCUT2D eigenvalue weighted by Crippen LogP contribution is 2.33. The highest BCUT2D eigenvalue weighted by atomic mass is 35.5. The minimum Gasteiger partial charge on any atom is -0.378 e. The molecule has 0 N–H and O–H groups in total. The van der Waals surface area contributed by atoms with E-state index in [1.54, 1.807) is 13.1 Å². The number of benzene rings is 1. The van der Waals surface area contributed by atoms with Crippen molar-refractivity contribution in [1.82, 2.24) is 4.90 Å². The molecule has 1 saturated heterocycles. The normalized spacial score (nSPS) is 17.5. The molecular weight excluding hydrogens is 300 g/mol. The van der Waals surface area contributed by atoms with Crippen LogP contribution < -0.4 is 4.90 Å². The molecule has 0 aliphatic carbocycles. The van der Waals surface area contributed by atoms with Gasteiger partial charge in [-0.25, -0.2) is 0 Å². The first-order valence-corrected chi connectivity index (χ1v) is 7.19. The van der Waals surface area contributed by atoms with E-state index in [4.69, 9.17) is 23.8 Å². The molecule has 100 valence electrons. The van der Waals surface area contributed by atoms with Crippen molar-refractivity contribution in [1.29, 1.82) is 0 Å². The van der Waals surface area contributed by atoms with E-state index in [9.17, 15) is 4.79 Å². The molecule has 1 amide bonds. The Balaban J connectivity index is 2.34. The number of nitrogens with zero attached hydrogens (tertiary/aromatic N) is 2. The van der Waals surface area contributed by atoms with Crippen LogP contribution in [0.25, 0.3) is 6.08 Å². The molecule has 0 bridgehead atoms. The highest BCUT2D eigenvalue weighted by Gasteiger charge is 2.28. The second-order valence-corrected chi connectivity index (χ2v) is 6.42. The molecule has 1 aliphatic rings. The second-order valence-electron chi connectivity index (χ2n) is 4.34. The largest absolute Gasteiger partial charge is 0.378 e. The smallest absolute Gasteiger partial charge is 0.265 e. The van der Waals surface area contributed by atoms with Gasteiger partial charge in [0.25, 0.3) is 5.91 Å². The van der Waals surface area contributed by atoms with E-state index in [-0.39, 0.29) is 5.91 Å². The van der Waals surface area contributed by atoms with Crippen LogP contribution >= 0.6 is 35.6 Å². The first-order valence-electron chi connectivity index (χ1n) is 5.58. The highest BCUT2D eigenvalue weighted by molar-refractivity contribution is 8.26. The number of hydrogen-bond acceptors (Lipinski definition) is 4. The van der Waals surface area contributed by atoms with Gasteiger partial charge in [0, 0.05) is 31.9 Å². The van der Waals surface area contributed by atoms with Crippen LogP contribution in [0, 0.1) is 0 Å². The molecule has 1 fully saturated rings. The van der Waals surface area contributed by atoms with Gasteiger partial charge in [0.15, 0.2) is 0 Å². The number of likely N-dealkylation sites (N-methyl/N-ethyl adjacent to an activating group) is 1. The zero-order valence-corrected chi connectivity index (χ0v) is 13.2. The summed E-state index contributed by atoms with van der Waals surface area (Å²) in [5.74, 6) is -0.0808. The molecule has 3 nitrogen and oxygen atoms in total. The zero-order chi connectivity index (χ0) is 14.2. The number of halogens is 1. The lowest BCUT2D eigenvalue weighted by Gasteiger charge is -2.13. The van der Waals surface area contributed by atoms with Crippen LogP contribution in [0.1, 0.15) is 5.56 Å². The summed E-state index contributed by atoms with van der Waals surface area (Å²) in [5, 5.41) is 0.618. The van der Waals surface area contributed by atoms with Crippen LogP contribution in [0.2, 0.25) is 5.02 Å². The van der Waals surface area contributed by atoms with Gasteiger partial charge in [0.1, 0.15) is 4.32 Å². The molecule has 0 unspecified atom stereocenters. The van der Waals surface area contributed by atoms with E-state index in [0.29, 0.717) is 14.2 Å². The molecule has 2 rings (SSSR count). The van der Waals surface area contributed by atoms with Gasteiger partial charge in [-0.2, -0.15) is 0 Å². The van der Waals surface area contributed by atoms with Crippen LogP contribution in [-0.4, -0.2) is 36.3 Å². The maximum absolute atomic E-state index is 11.9. The average Bonchev–Trinajstić information content (AvgIpc) is 2.59. The Bertz CT molecular complexity index is 584. The van der Waals surface area contributed by atoms with Crippen LogP contribution in [0.15, 0.2) is 23.1 Å². The third-order valence-electron chi connectivity index (χ3n) is 2.77. The number of thiocarbonyl (C=S) groups is 1. The van der Waals surface area contributed by atoms with Crippen molar-refractivity contribution in [3.63, 3.8) is 0 Å². The van der Waals surface area contributed by atoms with Crippen molar-refractivity contribution < 1.29 is 4.79 Å². The first-order chi connectivity index (χ1) is 8.90. The molecular formula is C13H13ClN2OS2. The molecule has 1 aliphatic heterocycles. The molecule has 19 heavy (non-hydrogen) atoms. The SMILES string of the molecule is CN1C(=O)C(=Cc2ccc(N(C)C)cc2Cl)SC1=S. The molecule has 0 saturated carbocycles. The minimum atomic E-state index is -0.0808. The van der Waals surface area contributed by atoms with E-state index in [1.807, 2.05) is 37.2 Å². The predicted molar refractivity (Wildman–Crippen MR) is 86.7 cm³/mol. The standard InChI is InChI=1S/C13H13ClN2OS2/c1-15(2)9-5-4-8(10(14)7-9)6-11-12(17)16(3)13(18)19-11/h4-7H,1-3H3. The number of amides is 1. The zero-order valence-electron chi connectivity index (χ0n) is 10.8. The summed E-state index contributed by atoms with van der Waals surface area (Å²) in [5.41, 5.74) is 1.84. The van der Waals surface area contributed by atoms with Crippen LogP contribution in [0.4, 0.5) is 5.69 Å². The number of thioether (sulfide) groups is 1. The molecule has 0 aromatic heterocycles. The molecule has 1 heterocycles. The van der Waals surface area contributed by atoms with Gasteiger partial charge in [-0.3, -0.25) is 9.69 Å². The predicted octanol–water partition coefficient (Wildman–Crippen LogP) is 3.24. The van der Waals surface area contributed by atoms with Crippen LogP contribution in [0.3, 0.4) is 0 Å². The van der Waals surface area contributed by atoms with E-state index in [2.05, 4.69) is 0 Å². The van der Waals surface area contributed by atoms with E-state index < -0.39 is 0 Å². The fourth-order valence-corrected chi connectivity index (χ4v) is 3.00. The van der Waals surface area contributed by atoms with Crippen LogP contribution in [-0.2, 0) is 4.79 Å². The van der Waals surface area contributed by atoms with Crippen molar-refractivity contribution in [3.8, 4) is 0 Å². The molecule has 6 heteroatoms. The summed E-state index contributed by atoms with van der Waals surface area (Å²) in [4.78, 5) is 15.9. The Kier molecular flexibility index (Phi) is 4.18. The van der Waals surface area contributed by atoms with E-state index >= 15 is 0 Å². The maximum Gasteiger partial charge on any atom is 0.265 e. The van der Waals surface area contributed by atoms with Crippen molar-refractivity contribution in [2.45, 2.75) is 0 Å². The van der Waals surface area contributed by atoms with Gasteiger partial charge >= 0.3 is 0 Å². The van der Waals surface area contributed by atoms with Gasteiger partial charge in [-0.15, -0.1) is 0 Å². The average molecular weight is 313 g/mol. The second kappa shape index (κ2) is 5.53. The quantitative estimate of drug-likeness (QED) is 0.618. The van der Waals surface area contributed by atoms with E-state index in [0.717, 1.165) is 11.3 Å². The lowest BCUT2D eigenvalue weighted by molar-refractivity contribution is -0.121. The molecule has 1 aromatic rings. The summed E-state index contributed by atoms with van der Waals surface area (Å²) >= 11 is 12.6. The lowest BCUT2D eigenvalue weighted by atomic mass is 10.2. The lowest BCUT2D eigenvalue weighted by Crippen LogP contribution is -2.22. The summed E-state index contributed by atoms with van der Waals surface area (Å²) in [6.45, 7) is 0. The van der Waals surface area contributed by atoms with E-state index in [1.165, 1.54) is 16.7 Å². The number of carbonyl (C=O) groups excluding carboxylic acids is 1. The number of rotatable bonds is 2. The fourth-order valence-electron chi connectivity index (χ4n) is 1.60. The van der Waals surface area contributed by atoms with Crippen molar-refractivity contribution >= 4 is 57.6 Å².